The minimum absolute atomic E-state index is 0.0781. The van der Waals surface area contributed by atoms with E-state index in [-0.39, 0.29) is 24.0 Å². The number of ether oxygens (including phenoxy) is 1. The highest BCUT2D eigenvalue weighted by atomic mass is 16.5. The summed E-state index contributed by atoms with van der Waals surface area (Å²) in [4.78, 5) is 37.0. The van der Waals surface area contributed by atoms with Crippen molar-refractivity contribution in [2.24, 2.45) is 11.8 Å². The number of carbonyl (C=O) groups excluding carboxylic acids is 2. The van der Waals surface area contributed by atoms with Crippen molar-refractivity contribution < 1.29 is 14.3 Å². The van der Waals surface area contributed by atoms with Gasteiger partial charge in [0.15, 0.2) is 0 Å². The van der Waals surface area contributed by atoms with E-state index in [0.29, 0.717) is 36.4 Å². The molecule has 8 heteroatoms. The van der Waals surface area contributed by atoms with Crippen LogP contribution in [0.3, 0.4) is 0 Å². The summed E-state index contributed by atoms with van der Waals surface area (Å²) >= 11 is 0. The molecule has 0 spiro atoms. The Morgan fingerprint density at radius 1 is 1.15 bits per heavy atom. The number of fused-ring (bicyclic) bond motifs is 1. The van der Waals surface area contributed by atoms with E-state index in [1.807, 2.05) is 30.0 Å². The van der Waals surface area contributed by atoms with E-state index >= 15 is 0 Å². The normalized spacial score (nSPS) is 23.7. The number of benzene rings is 1. The third kappa shape index (κ3) is 5.84. The van der Waals surface area contributed by atoms with Gasteiger partial charge in [-0.1, -0.05) is 32.9 Å². The minimum Gasteiger partial charge on any atom is -0.488 e. The molecule has 8 nitrogen and oxygen atoms in total. The summed E-state index contributed by atoms with van der Waals surface area (Å²) in [5.41, 5.74) is 2.91. The Balaban J connectivity index is 1.58. The smallest absolute Gasteiger partial charge is 0.258 e. The molecule has 3 heterocycles. The molecule has 2 aliphatic rings. The Bertz CT molecular complexity index is 1370. The summed E-state index contributed by atoms with van der Waals surface area (Å²) in [6.07, 6.45) is 9.26. The van der Waals surface area contributed by atoms with Gasteiger partial charge in [-0.3, -0.25) is 19.9 Å². The maximum atomic E-state index is 13.3. The summed E-state index contributed by atoms with van der Waals surface area (Å²) in [5.74, 6) is 1.99. The number of nitrogens with zero attached hydrogens (tertiary/aromatic N) is 4. The van der Waals surface area contributed by atoms with E-state index in [2.05, 4.69) is 35.3 Å². The minimum atomic E-state index is -0.248. The maximum absolute atomic E-state index is 13.3. The van der Waals surface area contributed by atoms with Crippen LogP contribution in [0.5, 0.6) is 5.75 Å². The van der Waals surface area contributed by atoms with E-state index in [1.54, 1.807) is 18.3 Å². The van der Waals surface area contributed by atoms with Crippen LogP contribution >= 0.6 is 0 Å². The van der Waals surface area contributed by atoms with Gasteiger partial charge in [0, 0.05) is 30.5 Å². The van der Waals surface area contributed by atoms with Gasteiger partial charge in [-0.15, -0.1) is 0 Å². The van der Waals surface area contributed by atoms with E-state index < -0.39 is 0 Å². The van der Waals surface area contributed by atoms with Crippen LogP contribution in [-0.2, 0) is 4.79 Å². The molecule has 1 aliphatic heterocycles. The molecular weight excluding hydrogens is 490 g/mol. The first-order valence-electron chi connectivity index (χ1n) is 14.2. The third-order valence-electron chi connectivity index (χ3n) is 8.22. The van der Waals surface area contributed by atoms with Gasteiger partial charge in [0.05, 0.1) is 11.6 Å². The van der Waals surface area contributed by atoms with Gasteiger partial charge >= 0.3 is 0 Å². The van der Waals surface area contributed by atoms with Crippen molar-refractivity contribution in [2.45, 2.75) is 71.4 Å². The molecule has 4 atom stereocenters. The second-order valence-electron chi connectivity index (χ2n) is 11.3. The van der Waals surface area contributed by atoms with Gasteiger partial charge in [0.25, 0.3) is 5.91 Å². The summed E-state index contributed by atoms with van der Waals surface area (Å²) in [6, 6.07) is 9.31. The van der Waals surface area contributed by atoms with E-state index in [1.165, 1.54) is 12.5 Å². The number of aryl methyl sites for hydroxylation is 1. The maximum Gasteiger partial charge on any atom is 0.258 e. The lowest BCUT2D eigenvalue weighted by Gasteiger charge is -2.33. The molecule has 0 radical (unpaired) electrons. The molecule has 3 aromatic rings. The lowest BCUT2D eigenvalue weighted by Crippen LogP contribution is -2.35. The van der Waals surface area contributed by atoms with Crippen molar-refractivity contribution in [1.82, 2.24) is 19.4 Å². The number of likely N-dealkylation sites (tertiary alicyclic amines) is 1. The van der Waals surface area contributed by atoms with Crippen LogP contribution in [0.1, 0.15) is 74.5 Å². The van der Waals surface area contributed by atoms with Crippen LogP contribution in [0.25, 0.3) is 11.0 Å². The van der Waals surface area contributed by atoms with Gasteiger partial charge in [-0.05, 0) is 81.2 Å². The second-order valence-corrected chi connectivity index (χ2v) is 11.3. The fourth-order valence-electron chi connectivity index (χ4n) is 5.98. The largest absolute Gasteiger partial charge is 0.488 e. The highest BCUT2D eigenvalue weighted by Gasteiger charge is 2.31. The molecule has 1 aliphatic carbocycles. The highest BCUT2D eigenvalue weighted by Crippen LogP contribution is 2.38. The zero-order valence-electron chi connectivity index (χ0n) is 23.2. The number of carbonyl (C=O) groups is 2. The van der Waals surface area contributed by atoms with E-state index in [4.69, 9.17) is 9.72 Å². The number of nitrogens with one attached hydrogen (secondary N) is 1. The molecule has 1 aromatic carbocycles. The average Bonchev–Trinajstić information content (AvgIpc) is 3.11. The summed E-state index contributed by atoms with van der Waals surface area (Å²) in [5, 5.41) is 3.07. The van der Waals surface area contributed by atoms with Crippen molar-refractivity contribution in [3.63, 3.8) is 0 Å². The third-order valence-corrected chi connectivity index (χ3v) is 8.22. The van der Waals surface area contributed by atoms with Crippen LogP contribution in [0.15, 0.2) is 49.2 Å². The lowest BCUT2D eigenvalue weighted by molar-refractivity contribution is -0.126. The van der Waals surface area contributed by atoms with Crippen molar-refractivity contribution in [3.05, 3.63) is 60.4 Å². The number of rotatable bonds is 6. The van der Waals surface area contributed by atoms with Crippen LogP contribution in [0, 0.1) is 18.8 Å². The van der Waals surface area contributed by atoms with Gasteiger partial charge in [-0.25, -0.2) is 4.98 Å². The molecule has 206 valence electrons. The standard InChI is InChI=1S/C31H39N5O3/c1-5-28(37)35-16-7-6-9-24(19-35)36-29-25(33-31(36)34-30(38)23-14-15-32-22(4)18-23)10-8-11-26(29)39-27-17-20(2)12-13-21(27)3/h5,8,10-11,14-15,18,20-21,24,27H,1,6-7,9,12-13,16-17,19H2,2-4H3,(H,33,34,38)/t20?,21?,24-,27-/m1/s1. The van der Waals surface area contributed by atoms with E-state index in [0.717, 1.165) is 54.6 Å². The van der Waals surface area contributed by atoms with Crippen molar-refractivity contribution in [2.75, 3.05) is 18.4 Å². The molecular formula is C31H39N5O3. The Kier molecular flexibility index (Phi) is 8.00. The lowest BCUT2D eigenvalue weighted by atomic mass is 9.81. The van der Waals surface area contributed by atoms with Crippen LogP contribution in [0.4, 0.5) is 5.95 Å². The predicted molar refractivity (Wildman–Crippen MR) is 153 cm³/mol. The van der Waals surface area contributed by atoms with Gasteiger partial charge < -0.3 is 14.2 Å². The second kappa shape index (κ2) is 11.6. The summed E-state index contributed by atoms with van der Waals surface area (Å²) in [6.45, 7) is 11.3. The first-order chi connectivity index (χ1) is 18.8. The van der Waals surface area contributed by atoms with Crippen molar-refractivity contribution >= 4 is 28.8 Å². The first kappa shape index (κ1) is 26.9. The predicted octanol–water partition coefficient (Wildman–Crippen LogP) is 5.94. The number of pyridine rings is 1. The average molecular weight is 530 g/mol. The number of amides is 2. The molecule has 2 fully saturated rings. The molecule has 39 heavy (non-hydrogen) atoms. The number of imidazole rings is 1. The molecule has 1 N–H and O–H groups in total. The molecule has 0 bridgehead atoms. The van der Waals surface area contributed by atoms with Crippen LogP contribution < -0.4 is 10.1 Å². The molecule has 1 saturated carbocycles. The topological polar surface area (TPSA) is 89.4 Å². The van der Waals surface area contributed by atoms with Crippen molar-refractivity contribution in [1.29, 1.82) is 0 Å². The van der Waals surface area contributed by atoms with Gasteiger partial charge in [0.1, 0.15) is 17.4 Å². The quantitative estimate of drug-likeness (QED) is 0.400. The molecule has 2 unspecified atom stereocenters. The fraction of sp³-hybridized carbons (Fsp3) is 0.484. The molecule has 2 aromatic heterocycles. The Morgan fingerprint density at radius 2 is 2.00 bits per heavy atom. The monoisotopic (exact) mass is 529 g/mol. The van der Waals surface area contributed by atoms with Gasteiger partial charge in [0.2, 0.25) is 11.9 Å². The zero-order chi connectivity index (χ0) is 27.5. The Hall–Kier alpha value is -3.68. The summed E-state index contributed by atoms with van der Waals surface area (Å²) in [7, 11) is 0. The fourth-order valence-corrected chi connectivity index (χ4v) is 5.98. The van der Waals surface area contributed by atoms with Crippen molar-refractivity contribution in [3.8, 4) is 5.75 Å². The Labute approximate surface area is 230 Å². The molecule has 5 rings (SSSR count). The number of hydrogen-bond donors (Lipinski definition) is 1. The zero-order valence-corrected chi connectivity index (χ0v) is 23.2. The highest BCUT2D eigenvalue weighted by molar-refractivity contribution is 6.04. The molecule has 2 amide bonds. The number of aromatic nitrogens is 3. The SMILES string of the molecule is C=CC(=O)N1CCCC[C@@H](n2c(NC(=O)c3ccnc(C)c3)nc3cccc(O[C@@H]4CC(C)CCC4C)c32)C1. The Morgan fingerprint density at radius 3 is 2.79 bits per heavy atom. The van der Waals surface area contributed by atoms with Gasteiger partial charge in [-0.2, -0.15) is 0 Å². The van der Waals surface area contributed by atoms with Crippen LogP contribution in [-0.4, -0.2) is 50.4 Å². The van der Waals surface area contributed by atoms with E-state index in [9.17, 15) is 9.59 Å². The van der Waals surface area contributed by atoms with Crippen LogP contribution in [0.2, 0.25) is 0 Å². The molecule has 1 saturated heterocycles. The summed E-state index contributed by atoms with van der Waals surface area (Å²) < 4.78 is 8.85. The number of anilines is 1. The first-order valence-corrected chi connectivity index (χ1v) is 14.2. The number of para-hydroxylation sites is 1. The number of hydrogen-bond acceptors (Lipinski definition) is 5.